The van der Waals surface area contributed by atoms with Crippen molar-refractivity contribution in [2.45, 2.75) is 39.8 Å². The van der Waals surface area contributed by atoms with Crippen LogP contribution < -0.4 is 10.9 Å². The van der Waals surface area contributed by atoms with Crippen molar-refractivity contribution < 1.29 is 4.74 Å². The molecule has 1 aliphatic rings. The number of nitrogens with one attached hydrogen (secondary N) is 1. The average molecular weight is 477 g/mol. The molecule has 1 aliphatic heterocycles. The maximum Gasteiger partial charge on any atom is 0.260 e. The van der Waals surface area contributed by atoms with Crippen LogP contribution in [0.15, 0.2) is 41.6 Å². The van der Waals surface area contributed by atoms with Gasteiger partial charge in [-0.25, -0.2) is 9.97 Å². The number of nitrogens with zero attached hydrogens (tertiary/aromatic N) is 5. The highest BCUT2D eigenvalue weighted by Gasteiger charge is 2.19. The molecule has 0 bridgehead atoms. The predicted molar refractivity (Wildman–Crippen MR) is 133 cm³/mol. The Bertz CT molecular complexity index is 1450. The Morgan fingerprint density at radius 3 is 2.71 bits per heavy atom. The van der Waals surface area contributed by atoms with Crippen molar-refractivity contribution in [1.82, 2.24) is 24.5 Å². The van der Waals surface area contributed by atoms with Crippen LogP contribution in [0, 0.1) is 13.8 Å². The smallest absolute Gasteiger partial charge is 0.260 e. The zero-order valence-electron chi connectivity index (χ0n) is 19.3. The average Bonchev–Trinajstić information content (AvgIpc) is 3.33. The minimum absolute atomic E-state index is 0.145. The molecule has 4 aromatic rings. The number of rotatable bonds is 5. The second-order valence-electron chi connectivity index (χ2n) is 8.48. The van der Waals surface area contributed by atoms with Crippen molar-refractivity contribution in [2.75, 3.05) is 18.5 Å². The first kappa shape index (κ1) is 22.4. The first-order valence-electron chi connectivity index (χ1n) is 11.3. The second-order valence-corrected chi connectivity index (χ2v) is 8.88. The highest BCUT2D eigenvalue weighted by Crippen LogP contribution is 2.34. The lowest BCUT2D eigenvalue weighted by molar-refractivity contribution is 0.195. The summed E-state index contributed by atoms with van der Waals surface area (Å²) in [4.78, 5) is 31.4. The molecule has 1 N–H and O–H groups in total. The van der Waals surface area contributed by atoms with E-state index in [9.17, 15) is 4.79 Å². The van der Waals surface area contributed by atoms with Crippen molar-refractivity contribution >= 4 is 28.6 Å². The van der Waals surface area contributed by atoms with Gasteiger partial charge in [-0.15, -0.1) is 0 Å². The van der Waals surface area contributed by atoms with Gasteiger partial charge in [0.05, 0.1) is 30.2 Å². The van der Waals surface area contributed by atoms with E-state index >= 15 is 0 Å². The van der Waals surface area contributed by atoms with E-state index in [1.807, 2.05) is 39.0 Å². The van der Waals surface area contributed by atoms with E-state index in [1.54, 1.807) is 23.2 Å². The fourth-order valence-electron chi connectivity index (χ4n) is 4.30. The number of ether oxygens (including phenoxy) is 1. The van der Waals surface area contributed by atoms with Crippen LogP contribution >= 0.6 is 11.6 Å². The summed E-state index contributed by atoms with van der Waals surface area (Å²) in [7, 11) is 0. The summed E-state index contributed by atoms with van der Waals surface area (Å²) >= 11 is 6.72. The molecule has 0 amide bonds. The fraction of sp³-hybridized carbons (Fsp3) is 0.320. The quantitative estimate of drug-likeness (QED) is 0.456. The van der Waals surface area contributed by atoms with Gasteiger partial charge in [-0.05, 0) is 51.0 Å². The minimum Gasteiger partial charge on any atom is -0.379 e. The van der Waals surface area contributed by atoms with Gasteiger partial charge >= 0.3 is 0 Å². The van der Waals surface area contributed by atoms with Crippen LogP contribution in [0.5, 0.6) is 0 Å². The molecule has 34 heavy (non-hydrogen) atoms. The lowest BCUT2D eigenvalue weighted by Gasteiger charge is -2.15. The van der Waals surface area contributed by atoms with Crippen molar-refractivity contribution in [1.29, 1.82) is 0 Å². The summed E-state index contributed by atoms with van der Waals surface area (Å²) in [5, 5.41) is 4.54. The number of benzene rings is 1. The minimum atomic E-state index is -0.145. The third kappa shape index (κ3) is 4.15. The zero-order chi connectivity index (χ0) is 23.8. The topological polar surface area (TPSA) is 94.8 Å². The van der Waals surface area contributed by atoms with Gasteiger partial charge in [0.2, 0.25) is 5.95 Å². The van der Waals surface area contributed by atoms with Gasteiger partial charge in [0.1, 0.15) is 5.65 Å². The molecule has 0 spiro atoms. The molecular weight excluding hydrogens is 452 g/mol. The number of halogens is 1. The summed E-state index contributed by atoms with van der Waals surface area (Å²) < 4.78 is 7.08. The molecular formula is C25H25ClN6O2. The number of hydrogen-bond acceptors (Lipinski definition) is 7. The van der Waals surface area contributed by atoms with Gasteiger partial charge < -0.3 is 10.1 Å². The number of hydrogen-bond donors (Lipinski definition) is 1. The Hall–Kier alpha value is -3.36. The van der Waals surface area contributed by atoms with Crippen LogP contribution in [0.4, 0.5) is 5.95 Å². The molecule has 174 valence electrons. The van der Waals surface area contributed by atoms with Crippen molar-refractivity contribution in [3.05, 3.63) is 63.4 Å². The molecule has 0 aliphatic carbocycles. The summed E-state index contributed by atoms with van der Waals surface area (Å²) in [5.41, 5.74) is 5.04. The summed E-state index contributed by atoms with van der Waals surface area (Å²) in [6, 6.07) is 5.78. The molecule has 0 unspecified atom stereocenters. The van der Waals surface area contributed by atoms with Crippen LogP contribution in [-0.2, 0) is 11.3 Å². The van der Waals surface area contributed by atoms with Crippen molar-refractivity contribution in [2.24, 2.45) is 0 Å². The lowest BCUT2D eigenvalue weighted by atomic mass is 9.98. The largest absolute Gasteiger partial charge is 0.379 e. The van der Waals surface area contributed by atoms with E-state index in [-0.39, 0.29) is 11.6 Å². The monoisotopic (exact) mass is 476 g/mol. The van der Waals surface area contributed by atoms with Gasteiger partial charge in [-0.2, -0.15) is 4.98 Å². The summed E-state index contributed by atoms with van der Waals surface area (Å²) in [6.45, 7) is 7.63. The molecule has 1 atom stereocenters. The van der Waals surface area contributed by atoms with E-state index in [2.05, 4.69) is 25.3 Å². The lowest BCUT2D eigenvalue weighted by Crippen LogP contribution is -2.24. The Balaban J connectivity index is 1.60. The molecule has 9 heteroatoms. The van der Waals surface area contributed by atoms with Gasteiger partial charge in [0.15, 0.2) is 0 Å². The van der Waals surface area contributed by atoms with E-state index in [1.165, 1.54) is 0 Å². The van der Waals surface area contributed by atoms with E-state index in [0.717, 1.165) is 40.9 Å². The molecule has 8 nitrogen and oxygen atoms in total. The molecule has 1 saturated heterocycles. The second kappa shape index (κ2) is 9.12. The standard InChI is InChI=1S/C25H25ClN6O2/c1-4-32-23-16(11-28-25(31-23)30-17-5-6-34-13-17)8-20(24(32)33)19-7-14(2)18(9-21(19)26)22-12-27-10-15(3)29-22/h7-12,17H,4-6,13H2,1-3H3,(H,28,30,31)/t17-/m0/s1. The van der Waals surface area contributed by atoms with Crippen molar-refractivity contribution in [3.8, 4) is 22.4 Å². The van der Waals surface area contributed by atoms with Crippen LogP contribution in [-0.4, -0.2) is 43.8 Å². The number of aryl methyl sites for hydroxylation is 3. The summed E-state index contributed by atoms with van der Waals surface area (Å²) in [6.07, 6.45) is 6.07. The molecule has 1 fully saturated rings. The predicted octanol–water partition coefficient (Wildman–Crippen LogP) is 4.41. The molecule has 0 saturated carbocycles. The van der Waals surface area contributed by atoms with Gasteiger partial charge in [-0.1, -0.05) is 11.6 Å². The maximum absolute atomic E-state index is 13.5. The van der Waals surface area contributed by atoms with Crippen LogP contribution in [0.1, 0.15) is 24.6 Å². The van der Waals surface area contributed by atoms with E-state index in [4.69, 9.17) is 16.3 Å². The third-order valence-corrected chi connectivity index (χ3v) is 6.35. The third-order valence-electron chi connectivity index (χ3n) is 6.04. The van der Waals surface area contributed by atoms with Gasteiger partial charge in [0.25, 0.3) is 5.56 Å². The molecule has 0 radical (unpaired) electrons. The van der Waals surface area contributed by atoms with Crippen LogP contribution in [0.2, 0.25) is 5.02 Å². The summed E-state index contributed by atoms with van der Waals surface area (Å²) in [5.74, 6) is 0.495. The van der Waals surface area contributed by atoms with Crippen LogP contribution in [0.3, 0.4) is 0 Å². The highest BCUT2D eigenvalue weighted by atomic mass is 35.5. The first-order chi connectivity index (χ1) is 16.4. The molecule has 5 rings (SSSR count). The van der Waals surface area contributed by atoms with Crippen molar-refractivity contribution in [3.63, 3.8) is 0 Å². The maximum atomic E-state index is 13.5. The Morgan fingerprint density at radius 1 is 1.12 bits per heavy atom. The van der Waals surface area contributed by atoms with Crippen LogP contribution in [0.25, 0.3) is 33.4 Å². The molecule has 1 aromatic carbocycles. The Labute approximate surface area is 202 Å². The first-order valence-corrected chi connectivity index (χ1v) is 11.7. The SMILES string of the molecule is CCn1c(=O)c(-c2cc(C)c(-c3cncc(C)n3)cc2Cl)cc2cnc(N[C@H]3CCOC3)nc21. The number of aromatic nitrogens is 5. The number of fused-ring (bicyclic) bond motifs is 1. The molecule has 4 heterocycles. The fourth-order valence-corrected chi connectivity index (χ4v) is 4.57. The van der Waals surface area contributed by atoms with E-state index < -0.39 is 0 Å². The number of anilines is 1. The van der Waals surface area contributed by atoms with Gasteiger partial charge in [0, 0.05) is 52.6 Å². The number of pyridine rings is 1. The van der Waals surface area contributed by atoms with Gasteiger partial charge in [-0.3, -0.25) is 14.3 Å². The van der Waals surface area contributed by atoms with E-state index in [0.29, 0.717) is 40.9 Å². The zero-order valence-corrected chi connectivity index (χ0v) is 20.1. The normalized spacial score (nSPS) is 15.7. The highest BCUT2D eigenvalue weighted by molar-refractivity contribution is 6.33. The molecule has 3 aromatic heterocycles. The Morgan fingerprint density at radius 2 is 1.97 bits per heavy atom. The Kier molecular flexibility index (Phi) is 6.02.